The standard InChI is InChI=1S/C34H24O22/c35-8-1-5-12(21(42)18(8)39)13-6(2-9(36)19(40)22(13)43)32(50)54-28(11(38)4-53-31(5)49)30-29-26(47)17-16(34(52)55-29)15(24(45)27(48)25(17)46)14-7(33(51)56-30)3-10(37)20(41)23(14)44/h1-3,11,26,28-30,35-48H,4H2/t11-,26-,28+,29+,30-/m1/s1. The Morgan fingerprint density at radius 2 is 0.804 bits per heavy atom. The number of cyclic esters (lactones) is 2. The second-order valence-electron chi connectivity index (χ2n) is 12.5. The first-order chi connectivity index (χ1) is 26.3. The van der Waals surface area contributed by atoms with Crippen LogP contribution in [0.4, 0.5) is 0 Å². The van der Waals surface area contributed by atoms with Crippen molar-refractivity contribution in [2.45, 2.75) is 30.5 Å². The average Bonchev–Trinajstić information content (AvgIpc) is 3.16. The molecule has 292 valence electrons. The van der Waals surface area contributed by atoms with Crippen molar-refractivity contribution in [3.05, 3.63) is 46.0 Å². The molecule has 4 heterocycles. The summed E-state index contributed by atoms with van der Waals surface area (Å²) in [6.07, 6.45) is -12.4. The van der Waals surface area contributed by atoms with Gasteiger partial charge in [0.15, 0.2) is 64.3 Å². The lowest BCUT2D eigenvalue weighted by Gasteiger charge is -2.40. The number of aromatic hydroxyl groups is 12. The molecule has 14 N–H and O–H groups in total. The summed E-state index contributed by atoms with van der Waals surface area (Å²) in [6.45, 7) is -1.31. The zero-order valence-electron chi connectivity index (χ0n) is 27.4. The van der Waals surface area contributed by atoms with Crippen molar-refractivity contribution in [3.8, 4) is 91.2 Å². The van der Waals surface area contributed by atoms with Crippen LogP contribution in [0.1, 0.15) is 53.1 Å². The lowest BCUT2D eigenvalue weighted by Crippen LogP contribution is -2.55. The normalized spacial score (nSPS) is 21.6. The van der Waals surface area contributed by atoms with Crippen LogP contribution in [0.5, 0.6) is 69.0 Å². The minimum absolute atomic E-state index is 0.403. The summed E-state index contributed by atoms with van der Waals surface area (Å²) in [5, 5.41) is 150. The minimum atomic E-state index is -2.55. The number of ether oxygens (including phenoxy) is 4. The number of carbonyl (C=O) groups is 4. The highest BCUT2D eigenvalue weighted by molar-refractivity contribution is 6.11. The summed E-state index contributed by atoms with van der Waals surface area (Å²) in [6, 6.07) is 1.33. The molecular weight excluding hydrogens is 760 g/mol. The summed E-state index contributed by atoms with van der Waals surface area (Å²) in [7, 11) is 0. The molecule has 56 heavy (non-hydrogen) atoms. The zero-order chi connectivity index (χ0) is 41.0. The molecule has 0 unspecified atom stereocenters. The van der Waals surface area contributed by atoms with E-state index in [9.17, 15) is 90.7 Å². The van der Waals surface area contributed by atoms with Gasteiger partial charge in [-0.05, 0) is 18.2 Å². The van der Waals surface area contributed by atoms with Gasteiger partial charge in [0.1, 0.15) is 18.8 Å². The van der Waals surface area contributed by atoms with Crippen LogP contribution in [-0.2, 0) is 18.9 Å². The van der Waals surface area contributed by atoms with Crippen molar-refractivity contribution < 1.29 is 110 Å². The first-order valence-electron chi connectivity index (χ1n) is 15.6. The smallest absolute Gasteiger partial charge is 0.339 e. The lowest BCUT2D eigenvalue weighted by molar-refractivity contribution is -0.153. The fourth-order valence-corrected chi connectivity index (χ4v) is 6.70. The van der Waals surface area contributed by atoms with Crippen LogP contribution in [0.15, 0.2) is 18.2 Å². The number of esters is 4. The summed E-state index contributed by atoms with van der Waals surface area (Å²) in [5.41, 5.74) is -9.23. The number of fused-ring (bicyclic) bond motifs is 6. The van der Waals surface area contributed by atoms with E-state index >= 15 is 0 Å². The van der Waals surface area contributed by atoms with Crippen molar-refractivity contribution in [2.24, 2.45) is 0 Å². The second-order valence-corrected chi connectivity index (χ2v) is 12.5. The molecule has 0 saturated heterocycles. The molecule has 0 radical (unpaired) electrons. The quantitative estimate of drug-likeness (QED) is 0.0703. The number of phenolic OH excluding ortho intramolecular Hbond substituents is 12. The van der Waals surface area contributed by atoms with Crippen molar-refractivity contribution in [2.75, 3.05) is 6.61 Å². The van der Waals surface area contributed by atoms with Crippen molar-refractivity contribution in [1.82, 2.24) is 0 Å². The molecule has 4 aromatic rings. The van der Waals surface area contributed by atoms with Gasteiger partial charge in [0.2, 0.25) is 23.0 Å². The Bertz CT molecular complexity index is 2470. The molecule has 0 amide bonds. The molecular formula is C34H24O22. The van der Waals surface area contributed by atoms with E-state index < -0.39 is 180 Å². The molecule has 0 aliphatic carbocycles. The van der Waals surface area contributed by atoms with Crippen LogP contribution in [-0.4, -0.2) is 126 Å². The summed E-state index contributed by atoms with van der Waals surface area (Å²) in [4.78, 5) is 55.1. The van der Waals surface area contributed by atoms with Crippen LogP contribution < -0.4 is 0 Å². The fourth-order valence-electron chi connectivity index (χ4n) is 6.70. The number of benzene rings is 4. The van der Waals surface area contributed by atoms with Gasteiger partial charge in [-0.2, -0.15) is 0 Å². The Hall–Kier alpha value is -7.72. The molecule has 0 saturated carbocycles. The van der Waals surface area contributed by atoms with Crippen LogP contribution >= 0.6 is 0 Å². The average molecular weight is 785 g/mol. The highest BCUT2D eigenvalue weighted by Crippen LogP contribution is 2.58. The number of hydrogen-bond donors (Lipinski definition) is 14. The Morgan fingerprint density at radius 1 is 0.411 bits per heavy atom. The number of phenols is 12. The first kappa shape index (κ1) is 36.6. The van der Waals surface area contributed by atoms with E-state index in [4.69, 9.17) is 18.9 Å². The number of aliphatic hydroxyl groups excluding tert-OH is 2. The van der Waals surface area contributed by atoms with Gasteiger partial charge in [-0.3, -0.25) is 0 Å². The van der Waals surface area contributed by atoms with Crippen molar-refractivity contribution in [3.63, 3.8) is 0 Å². The van der Waals surface area contributed by atoms with E-state index in [1.54, 1.807) is 0 Å². The Balaban J connectivity index is 1.48. The van der Waals surface area contributed by atoms with E-state index in [2.05, 4.69) is 0 Å². The predicted octanol–water partition coefficient (Wildman–Crippen LogP) is 0.356. The van der Waals surface area contributed by atoms with E-state index in [1.165, 1.54) is 0 Å². The maximum atomic E-state index is 14.1. The van der Waals surface area contributed by atoms with Gasteiger partial charge in [-0.25, -0.2) is 19.2 Å². The van der Waals surface area contributed by atoms with Crippen LogP contribution in [0.3, 0.4) is 0 Å². The van der Waals surface area contributed by atoms with Gasteiger partial charge in [0.05, 0.1) is 22.3 Å². The van der Waals surface area contributed by atoms with Gasteiger partial charge < -0.3 is 90.4 Å². The maximum Gasteiger partial charge on any atom is 0.339 e. The largest absolute Gasteiger partial charge is 0.504 e. The summed E-state index contributed by atoms with van der Waals surface area (Å²) in [5.74, 6) is -22.9. The van der Waals surface area contributed by atoms with Gasteiger partial charge in [-0.15, -0.1) is 0 Å². The molecule has 4 aliphatic heterocycles. The van der Waals surface area contributed by atoms with E-state index in [-0.39, 0.29) is 0 Å². The first-order valence-corrected chi connectivity index (χ1v) is 15.6. The highest BCUT2D eigenvalue weighted by atomic mass is 16.6. The predicted molar refractivity (Wildman–Crippen MR) is 173 cm³/mol. The third-order valence-corrected chi connectivity index (χ3v) is 9.33. The summed E-state index contributed by atoms with van der Waals surface area (Å²) < 4.78 is 21.3. The molecule has 5 atom stereocenters. The monoisotopic (exact) mass is 784 g/mol. The topological polar surface area (TPSA) is 388 Å². The Morgan fingerprint density at radius 3 is 1.29 bits per heavy atom. The Kier molecular flexibility index (Phi) is 8.13. The molecule has 4 aromatic carbocycles. The summed E-state index contributed by atoms with van der Waals surface area (Å²) >= 11 is 0. The third kappa shape index (κ3) is 5.03. The van der Waals surface area contributed by atoms with Crippen LogP contribution in [0, 0.1) is 0 Å². The molecule has 8 rings (SSSR count). The van der Waals surface area contributed by atoms with Crippen LogP contribution in [0.25, 0.3) is 22.3 Å². The number of aliphatic hydroxyl groups is 2. The fraction of sp³-hybridized carbons (Fsp3) is 0.176. The molecule has 0 spiro atoms. The number of hydrogen-bond acceptors (Lipinski definition) is 22. The number of carbonyl (C=O) groups excluding carboxylic acids is 4. The van der Waals surface area contributed by atoms with Gasteiger partial charge in [-0.1, -0.05) is 0 Å². The van der Waals surface area contributed by atoms with Crippen LogP contribution in [0.2, 0.25) is 0 Å². The lowest BCUT2D eigenvalue weighted by atomic mass is 9.82. The molecule has 4 bridgehead atoms. The van der Waals surface area contributed by atoms with Gasteiger partial charge in [0, 0.05) is 27.8 Å². The molecule has 22 heteroatoms. The van der Waals surface area contributed by atoms with Crippen molar-refractivity contribution >= 4 is 23.9 Å². The van der Waals surface area contributed by atoms with Gasteiger partial charge in [0.25, 0.3) is 0 Å². The number of rotatable bonds is 1. The van der Waals surface area contributed by atoms with Crippen molar-refractivity contribution in [1.29, 1.82) is 0 Å². The van der Waals surface area contributed by atoms with E-state index in [0.717, 1.165) is 0 Å². The van der Waals surface area contributed by atoms with E-state index in [1.807, 2.05) is 0 Å². The third-order valence-electron chi connectivity index (χ3n) is 9.33. The Labute approximate surface area is 307 Å². The molecule has 22 nitrogen and oxygen atoms in total. The SMILES string of the molecule is O=C1OC[C@@H](O)[C@@H]([C@H]2OC(=O)c3cc(O)c(O)c(O)c3-c3c(O)c(O)c(O)c4c3C(=O)O[C@H]2[C@@H]4O)OC(=O)c2cc(O)c(O)c(O)c2-c2c1cc(O)c(O)c2O. The maximum absolute atomic E-state index is 14.1. The highest BCUT2D eigenvalue weighted by Gasteiger charge is 2.53. The molecule has 0 fully saturated rings. The second kappa shape index (κ2) is 12.4. The zero-order valence-corrected chi connectivity index (χ0v) is 27.4. The van der Waals surface area contributed by atoms with Gasteiger partial charge >= 0.3 is 23.9 Å². The molecule has 0 aromatic heterocycles. The molecule has 4 aliphatic rings. The minimum Gasteiger partial charge on any atom is -0.504 e. The van der Waals surface area contributed by atoms with E-state index in [0.29, 0.717) is 18.2 Å².